The quantitative estimate of drug-likeness (QED) is 0.0324. The van der Waals surface area contributed by atoms with Crippen molar-refractivity contribution in [1.29, 1.82) is 0 Å². The van der Waals surface area contributed by atoms with Gasteiger partial charge >= 0.3 is 5.97 Å². The Bertz CT molecular complexity index is 889. The summed E-state index contributed by atoms with van der Waals surface area (Å²) < 4.78 is 5.88. The van der Waals surface area contributed by atoms with Gasteiger partial charge in [-0.25, -0.2) is 0 Å². The van der Waals surface area contributed by atoms with Gasteiger partial charge in [0.05, 0.1) is 25.2 Å². The molecule has 0 aliphatic rings. The molecule has 0 fully saturated rings. The van der Waals surface area contributed by atoms with Crippen LogP contribution in [0.3, 0.4) is 0 Å². The number of hydrogen-bond donors (Lipinski definition) is 3. The van der Waals surface area contributed by atoms with Crippen molar-refractivity contribution in [1.82, 2.24) is 5.32 Å². The first-order valence-corrected chi connectivity index (χ1v) is 24.6. The average Bonchev–Trinajstić information content (AvgIpc) is 3.19. The summed E-state index contributed by atoms with van der Waals surface area (Å²) in [6.07, 6.45) is 49.6. The van der Waals surface area contributed by atoms with E-state index in [-0.39, 0.29) is 24.9 Å². The van der Waals surface area contributed by atoms with Crippen molar-refractivity contribution in [3.8, 4) is 0 Å². The summed E-state index contributed by atoms with van der Waals surface area (Å²) in [7, 11) is 0. The fourth-order valence-corrected chi connectivity index (χ4v) is 7.49. The Morgan fingerprint density at radius 1 is 0.500 bits per heavy atom. The molecule has 0 aromatic rings. The topological polar surface area (TPSA) is 95.9 Å². The number of ether oxygens (including phenoxy) is 1. The molecule has 1 amide bonds. The molecule has 0 spiro atoms. The van der Waals surface area contributed by atoms with Crippen LogP contribution in [0.15, 0.2) is 24.3 Å². The van der Waals surface area contributed by atoms with E-state index in [1.807, 2.05) is 0 Å². The van der Waals surface area contributed by atoms with E-state index >= 15 is 0 Å². The SMILES string of the molecule is CCC/C=C\CCCCCCCC(=O)OC(CCCCC/C=C\CCCCC)CC(=O)NC(CO)C(O)CCCCCCCCCCCCCCCCCCC. The second-order valence-corrected chi connectivity index (χ2v) is 16.9. The lowest BCUT2D eigenvalue weighted by molar-refractivity contribution is -0.151. The fourth-order valence-electron chi connectivity index (χ4n) is 7.49. The predicted octanol–water partition coefficient (Wildman–Crippen LogP) is 14.3. The van der Waals surface area contributed by atoms with Crippen LogP contribution < -0.4 is 5.32 Å². The van der Waals surface area contributed by atoms with E-state index in [4.69, 9.17) is 4.74 Å². The maximum Gasteiger partial charge on any atom is 0.306 e. The summed E-state index contributed by atoms with van der Waals surface area (Å²) in [6.45, 7) is 6.40. The number of amides is 1. The maximum absolute atomic E-state index is 13.1. The second kappa shape index (κ2) is 44.4. The highest BCUT2D eigenvalue weighted by atomic mass is 16.5. The highest BCUT2D eigenvalue weighted by molar-refractivity contribution is 5.77. The van der Waals surface area contributed by atoms with Crippen LogP contribution in [-0.4, -0.2) is 46.9 Å². The normalized spacial score (nSPS) is 13.4. The molecule has 3 unspecified atom stereocenters. The van der Waals surface area contributed by atoms with Gasteiger partial charge < -0.3 is 20.3 Å². The molecule has 330 valence electrons. The summed E-state index contributed by atoms with van der Waals surface area (Å²) in [5, 5.41) is 23.7. The number of carbonyl (C=O) groups excluding carboxylic acids is 2. The molecular formula is C50H95NO5. The van der Waals surface area contributed by atoms with Crippen LogP contribution in [0.25, 0.3) is 0 Å². The molecule has 3 N–H and O–H groups in total. The highest BCUT2D eigenvalue weighted by Gasteiger charge is 2.24. The van der Waals surface area contributed by atoms with Crippen LogP contribution >= 0.6 is 0 Å². The lowest BCUT2D eigenvalue weighted by Gasteiger charge is -2.24. The molecule has 0 rings (SSSR count). The Kier molecular flexibility index (Phi) is 43.1. The number of aliphatic hydroxyl groups excluding tert-OH is 2. The van der Waals surface area contributed by atoms with Gasteiger partial charge in [0, 0.05) is 6.42 Å². The van der Waals surface area contributed by atoms with E-state index in [1.54, 1.807) is 0 Å². The number of aliphatic hydroxyl groups is 2. The van der Waals surface area contributed by atoms with Gasteiger partial charge in [0.1, 0.15) is 6.10 Å². The Morgan fingerprint density at radius 2 is 0.893 bits per heavy atom. The van der Waals surface area contributed by atoms with Crippen LogP contribution in [0.5, 0.6) is 0 Å². The van der Waals surface area contributed by atoms with Crippen LogP contribution in [0.2, 0.25) is 0 Å². The van der Waals surface area contributed by atoms with E-state index in [0.717, 1.165) is 77.0 Å². The van der Waals surface area contributed by atoms with Crippen molar-refractivity contribution in [3.63, 3.8) is 0 Å². The molecule has 0 aromatic heterocycles. The third kappa shape index (κ3) is 39.2. The van der Waals surface area contributed by atoms with Gasteiger partial charge in [-0.15, -0.1) is 0 Å². The highest BCUT2D eigenvalue weighted by Crippen LogP contribution is 2.18. The largest absolute Gasteiger partial charge is 0.462 e. The molecule has 0 saturated heterocycles. The average molecular weight is 790 g/mol. The van der Waals surface area contributed by atoms with Gasteiger partial charge in [0.25, 0.3) is 0 Å². The number of allylic oxidation sites excluding steroid dienone is 4. The monoisotopic (exact) mass is 790 g/mol. The molecule has 0 aliphatic heterocycles. The molecular weight excluding hydrogens is 695 g/mol. The van der Waals surface area contributed by atoms with Crippen molar-refractivity contribution in [2.24, 2.45) is 0 Å². The standard InChI is InChI=1S/C50H95NO5/c1-4-7-10-13-16-19-22-23-24-25-26-27-28-30-33-36-39-42-48(53)47(45-52)51-49(54)44-46(41-38-35-32-29-20-17-14-11-8-5-2)56-50(55)43-40-37-34-31-21-18-15-12-9-6-3/h12,15,17,20,46-48,52-53H,4-11,13-14,16,18-19,21-45H2,1-3H3,(H,51,54)/b15-12-,20-17-. The van der Waals surface area contributed by atoms with Crippen molar-refractivity contribution >= 4 is 11.9 Å². The van der Waals surface area contributed by atoms with Gasteiger partial charge in [-0.05, 0) is 70.6 Å². The van der Waals surface area contributed by atoms with Gasteiger partial charge in [-0.3, -0.25) is 9.59 Å². The third-order valence-electron chi connectivity index (χ3n) is 11.2. The minimum absolute atomic E-state index is 0.0664. The van der Waals surface area contributed by atoms with Crippen LogP contribution in [-0.2, 0) is 14.3 Å². The number of esters is 1. The summed E-state index contributed by atoms with van der Waals surface area (Å²) in [5.41, 5.74) is 0. The molecule has 0 heterocycles. The molecule has 6 nitrogen and oxygen atoms in total. The smallest absolute Gasteiger partial charge is 0.306 e. The zero-order valence-electron chi connectivity index (χ0n) is 37.5. The summed E-state index contributed by atoms with van der Waals surface area (Å²) in [4.78, 5) is 26.0. The van der Waals surface area contributed by atoms with E-state index in [0.29, 0.717) is 19.3 Å². The van der Waals surface area contributed by atoms with Gasteiger partial charge in [-0.2, -0.15) is 0 Å². The summed E-state index contributed by atoms with van der Waals surface area (Å²) >= 11 is 0. The predicted molar refractivity (Wildman–Crippen MR) is 241 cm³/mol. The second-order valence-electron chi connectivity index (χ2n) is 16.9. The van der Waals surface area contributed by atoms with Gasteiger partial charge in [-0.1, -0.05) is 199 Å². The van der Waals surface area contributed by atoms with E-state index in [1.165, 1.54) is 135 Å². The number of unbranched alkanes of at least 4 members (excludes halogenated alkanes) is 28. The Balaban J connectivity index is 4.43. The molecule has 0 radical (unpaired) electrons. The number of hydrogen-bond acceptors (Lipinski definition) is 5. The van der Waals surface area contributed by atoms with Crippen LogP contribution in [0.4, 0.5) is 0 Å². The molecule has 6 heteroatoms. The molecule has 0 aliphatic carbocycles. The number of rotatable bonds is 44. The lowest BCUT2D eigenvalue weighted by Crippen LogP contribution is -2.46. The van der Waals surface area contributed by atoms with E-state index in [2.05, 4.69) is 50.4 Å². The first kappa shape index (κ1) is 54.3. The fraction of sp³-hybridized carbons (Fsp3) is 0.880. The molecule has 3 atom stereocenters. The molecule has 56 heavy (non-hydrogen) atoms. The van der Waals surface area contributed by atoms with Gasteiger partial charge in [0.2, 0.25) is 5.91 Å². The Labute approximate surface area is 348 Å². The number of nitrogens with one attached hydrogen (secondary N) is 1. The zero-order valence-corrected chi connectivity index (χ0v) is 37.5. The van der Waals surface area contributed by atoms with E-state index < -0.39 is 18.2 Å². The van der Waals surface area contributed by atoms with E-state index in [9.17, 15) is 19.8 Å². The zero-order chi connectivity index (χ0) is 41.0. The van der Waals surface area contributed by atoms with Gasteiger partial charge in [0.15, 0.2) is 0 Å². The minimum Gasteiger partial charge on any atom is -0.462 e. The summed E-state index contributed by atoms with van der Waals surface area (Å²) in [6, 6.07) is -0.703. The first-order valence-electron chi connectivity index (χ1n) is 24.6. The molecule has 0 saturated carbocycles. The Hall–Kier alpha value is -1.66. The summed E-state index contributed by atoms with van der Waals surface area (Å²) in [5.74, 6) is -0.496. The van der Waals surface area contributed by atoms with Crippen LogP contribution in [0.1, 0.15) is 258 Å². The molecule has 0 bridgehead atoms. The van der Waals surface area contributed by atoms with Crippen molar-refractivity contribution in [2.75, 3.05) is 6.61 Å². The minimum atomic E-state index is -0.788. The van der Waals surface area contributed by atoms with Crippen LogP contribution in [0, 0.1) is 0 Å². The van der Waals surface area contributed by atoms with Crippen molar-refractivity contribution in [2.45, 2.75) is 277 Å². The van der Waals surface area contributed by atoms with Crippen molar-refractivity contribution < 1.29 is 24.5 Å². The lowest BCUT2D eigenvalue weighted by atomic mass is 10.0. The Morgan fingerprint density at radius 3 is 1.39 bits per heavy atom. The maximum atomic E-state index is 13.1. The third-order valence-corrected chi connectivity index (χ3v) is 11.2. The first-order chi connectivity index (χ1) is 27.5. The number of carbonyl (C=O) groups is 2. The molecule has 0 aromatic carbocycles. The van der Waals surface area contributed by atoms with Crippen molar-refractivity contribution in [3.05, 3.63) is 24.3 Å².